The molecule has 116 valence electrons. The Morgan fingerprint density at radius 3 is 2.30 bits per heavy atom. The summed E-state index contributed by atoms with van der Waals surface area (Å²) < 4.78 is 1.87. The number of nitrogens with zero attached hydrogens (tertiary/aromatic N) is 2. The smallest absolute Gasteiger partial charge is 0.133 e. The molecule has 2 aromatic carbocycles. The van der Waals surface area contributed by atoms with Gasteiger partial charge in [0.1, 0.15) is 5.82 Å². The van der Waals surface area contributed by atoms with Gasteiger partial charge in [-0.05, 0) is 36.8 Å². The van der Waals surface area contributed by atoms with Crippen LogP contribution in [0.25, 0.3) is 16.9 Å². The van der Waals surface area contributed by atoms with Crippen molar-refractivity contribution in [2.75, 3.05) is 11.9 Å². The van der Waals surface area contributed by atoms with Gasteiger partial charge in [-0.1, -0.05) is 46.9 Å². The molecule has 1 aliphatic heterocycles. The molecule has 0 saturated heterocycles. The molecule has 0 aliphatic carbocycles. The van der Waals surface area contributed by atoms with E-state index in [1.165, 1.54) is 5.56 Å². The first-order chi connectivity index (χ1) is 11.1. The van der Waals surface area contributed by atoms with Gasteiger partial charge in [0.05, 0.1) is 11.4 Å². The van der Waals surface area contributed by atoms with E-state index in [2.05, 4.69) is 5.32 Å². The van der Waals surface area contributed by atoms with Crippen molar-refractivity contribution in [2.45, 2.75) is 6.42 Å². The van der Waals surface area contributed by atoms with Crippen LogP contribution in [0.1, 0.15) is 5.56 Å². The molecule has 0 saturated carbocycles. The highest BCUT2D eigenvalue weighted by Gasteiger charge is 2.24. The molecule has 4 rings (SSSR count). The SMILES string of the molecule is Clc1ccc(-c2nn(-c3cc(Cl)cc(Cl)c3)c3c2CCN3)cc1. The predicted molar refractivity (Wildman–Crippen MR) is 96.2 cm³/mol. The maximum absolute atomic E-state index is 6.13. The third-order valence-corrected chi connectivity index (χ3v) is 4.55. The first-order valence-corrected chi connectivity index (χ1v) is 8.33. The summed E-state index contributed by atoms with van der Waals surface area (Å²) in [7, 11) is 0. The molecule has 1 aliphatic rings. The molecule has 0 radical (unpaired) electrons. The van der Waals surface area contributed by atoms with Crippen molar-refractivity contribution in [1.82, 2.24) is 9.78 Å². The van der Waals surface area contributed by atoms with E-state index in [1.807, 2.05) is 41.1 Å². The van der Waals surface area contributed by atoms with Crippen LogP contribution in [0.2, 0.25) is 15.1 Å². The standard InChI is InChI=1S/C17H12Cl3N3/c18-11-3-1-10(2-4-11)16-15-5-6-21-17(15)23(22-16)14-8-12(19)7-13(20)9-14/h1-4,7-9,21H,5-6H2. The Morgan fingerprint density at radius 2 is 1.61 bits per heavy atom. The molecule has 23 heavy (non-hydrogen) atoms. The fraction of sp³-hybridized carbons (Fsp3) is 0.118. The topological polar surface area (TPSA) is 29.9 Å². The molecule has 6 heteroatoms. The van der Waals surface area contributed by atoms with Crippen molar-refractivity contribution < 1.29 is 0 Å². The molecule has 3 nitrogen and oxygen atoms in total. The number of hydrogen-bond acceptors (Lipinski definition) is 2. The van der Waals surface area contributed by atoms with E-state index >= 15 is 0 Å². The fourth-order valence-electron chi connectivity index (χ4n) is 2.86. The molecular weight excluding hydrogens is 353 g/mol. The number of halogens is 3. The van der Waals surface area contributed by atoms with Gasteiger partial charge in [0.25, 0.3) is 0 Å². The van der Waals surface area contributed by atoms with Crippen molar-refractivity contribution in [2.24, 2.45) is 0 Å². The second-order valence-corrected chi connectivity index (χ2v) is 6.71. The van der Waals surface area contributed by atoms with Crippen LogP contribution in [0.4, 0.5) is 5.82 Å². The minimum absolute atomic E-state index is 0.586. The molecule has 0 bridgehead atoms. The Labute approximate surface area is 148 Å². The maximum Gasteiger partial charge on any atom is 0.133 e. The van der Waals surface area contributed by atoms with Crippen LogP contribution < -0.4 is 5.32 Å². The zero-order valence-electron chi connectivity index (χ0n) is 12.0. The summed E-state index contributed by atoms with van der Waals surface area (Å²) in [4.78, 5) is 0. The van der Waals surface area contributed by atoms with E-state index < -0.39 is 0 Å². The van der Waals surface area contributed by atoms with E-state index in [0.717, 1.165) is 35.7 Å². The number of aromatic nitrogens is 2. The second kappa shape index (κ2) is 5.75. The molecule has 3 aromatic rings. The summed E-state index contributed by atoms with van der Waals surface area (Å²) in [6.07, 6.45) is 0.932. The second-order valence-electron chi connectivity index (χ2n) is 5.40. The van der Waals surface area contributed by atoms with Gasteiger partial charge >= 0.3 is 0 Å². The lowest BCUT2D eigenvalue weighted by molar-refractivity contribution is 0.882. The minimum Gasteiger partial charge on any atom is -0.369 e. The van der Waals surface area contributed by atoms with Gasteiger partial charge in [-0.3, -0.25) is 0 Å². The molecular formula is C17H12Cl3N3. The minimum atomic E-state index is 0.586. The highest BCUT2D eigenvalue weighted by molar-refractivity contribution is 6.34. The van der Waals surface area contributed by atoms with Crippen molar-refractivity contribution in [3.8, 4) is 16.9 Å². The number of hydrogen-bond donors (Lipinski definition) is 1. The van der Waals surface area contributed by atoms with Crippen LogP contribution in [0.3, 0.4) is 0 Å². The van der Waals surface area contributed by atoms with Gasteiger partial charge in [0.15, 0.2) is 0 Å². The van der Waals surface area contributed by atoms with Gasteiger partial charge < -0.3 is 5.32 Å². The molecule has 0 spiro atoms. The Balaban J connectivity index is 1.89. The number of benzene rings is 2. The normalized spacial score (nSPS) is 13.0. The lowest BCUT2D eigenvalue weighted by Gasteiger charge is -2.07. The van der Waals surface area contributed by atoms with Crippen molar-refractivity contribution in [3.05, 3.63) is 63.1 Å². The summed E-state index contributed by atoms with van der Waals surface area (Å²) in [5.74, 6) is 0.994. The highest BCUT2D eigenvalue weighted by Crippen LogP contribution is 2.35. The quantitative estimate of drug-likeness (QED) is 0.653. The van der Waals surface area contributed by atoms with E-state index in [0.29, 0.717) is 15.1 Å². The molecule has 2 heterocycles. The van der Waals surface area contributed by atoms with E-state index in [4.69, 9.17) is 39.9 Å². The zero-order valence-corrected chi connectivity index (χ0v) is 14.3. The van der Waals surface area contributed by atoms with Crippen molar-refractivity contribution >= 4 is 40.6 Å². The van der Waals surface area contributed by atoms with Crippen LogP contribution in [0.5, 0.6) is 0 Å². The Hall–Kier alpha value is -1.68. The number of nitrogens with one attached hydrogen (secondary N) is 1. The van der Waals surface area contributed by atoms with E-state index in [-0.39, 0.29) is 0 Å². The molecule has 1 N–H and O–H groups in total. The van der Waals surface area contributed by atoms with Crippen LogP contribution in [0.15, 0.2) is 42.5 Å². The molecule has 0 fully saturated rings. The average Bonchev–Trinajstić information content (AvgIpc) is 3.09. The summed E-state index contributed by atoms with van der Waals surface area (Å²) >= 11 is 18.2. The summed E-state index contributed by atoms with van der Waals surface area (Å²) in [5, 5.41) is 10.1. The first kappa shape index (κ1) is 14.9. The van der Waals surface area contributed by atoms with Gasteiger partial charge in [0.2, 0.25) is 0 Å². The van der Waals surface area contributed by atoms with Crippen molar-refractivity contribution in [3.63, 3.8) is 0 Å². The summed E-state index contributed by atoms with van der Waals surface area (Å²) in [6, 6.07) is 13.1. The zero-order chi connectivity index (χ0) is 16.0. The van der Waals surface area contributed by atoms with Gasteiger partial charge in [-0.25, -0.2) is 4.68 Å². The highest BCUT2D eigenvalue weighted by atomic mass is 35.5. The third-order valence-electron chi connectivity index (χ3n) is 3.86. The predicted octanol–water partition coefficient (Wildman–Crippen LogP) is 5.47. The van der Waals surface area contributed by atoms with Gasteiger partial charge in [-0.15, -0.1) is 0 Å². The van der Waals surface area contributed by atoms with Crippen molar-refractivity contribution in [1.29, 1.82) is 0 Å². The van der Waals surface area contributed by atoms with Gasteiger partial charge in [0, 0.05) is 32.7 Å². The number of anilines is 1. The van der Waals surface area contributed by atoms with Gasteiger partial charge in [-0.2, -0.15) is 5.10 Å². The Morgan fingerprint density at radius 1 is 0.913 bits per heavy atom. The van der Waals surface area contributed by atoms with Crippen LogP contribution in [-0.2, 0) is 6.42 Å². The number of rotatable bonds is 2. The number of fused-ring (bicyclic) bond motifs is 1. The van der Waals surface area contributed by atoms with Crippen LogP contribution in [-0.4, -0.2) is 16.3 Å². The lowest BCUT2D eigenvalue weighted by Crippen LogP contribution is -2.04. The summed E-state index contributed by atoms with van der Waals surface area (Å²) in [5.41, 5.74) is 4.04. The molecule has 0 unspecified atom stereocenters. The third kappa shape index (κ3) is 2.69. The van der Waals surface area contributed by atoms with E-state index in [9.17, 15) is 0 Å². The Kier molecular flexibility index (Phi) is 3.72. The lowest BCUT2D eigenvalue weighted by atomic mass is 10.1. The first-order valence-electron chi connectivity index (χ1n) is 7.20. The maximum atomic E-state index is 6.13. The van der Waals surface area contributed by atoms with Crippen LogP contribution in [0, 0.1) is 0 Å². The molecule has 0 amide bonds. The average molecular weight is 365 g/mol. The summed E-state index contributed by atoms with van der Waals surface area (Å²) in [6.45, 7) is 0.891. The van der Waals surface area contributed by atoms with E-state index in [1.54, 1.807) is 6.07 Å². The molecule has 1 aromatic heterocycles. The largest absolute Gasteiger partial charge is 0.369 e. The molecule has 0 atom stereocenters. The fourth-order valence-corrected chi connectivity index (χ4v) is 3.50. The Bertz CT molecular complexity index is 865. The monoisotopic (exact) mass is 363 g/mol. The van der Waals surface area contributed by atoms with Crippen LogP contribution >= 0.6 is 34.8 Å².